The zero-order chi connectivity index (χ0) is 23.7. The SMILES string of the molecule is CC(C(=O)NCc1ccc2c(c1)OCO2)C1Sc2ccccc2N(Cc2ccccc2Cl)C1=O. The van der Waals surface area contributed by atoms with E-state index >= 15 is 0 Å². The van der Waals surface area contributed by atoms with E-state index in [-0.39, 0.29) is 18.6 Å². The van der Waals surface area contributed by atoms with Crippen molar-refractivity contribution in [3.8, 4) is 11.5 Å². The van der Waals surface area contributed by atoms with Crippen molar-refractivity contribution in [3.05, 3.63) is 82.9 Å². The molecule has 174 valence electrons. The topological polar surface area (TPSA) is 67.9 Å². The van der Waals surface area contributed by atoms with E-state index in [4.69, 9.17) is 21.1 Å². The minimum Gasteiger partial charge on any atom is -0.454 e. The first kappa shape index (κ1) is 22.6. The monoisotopic (exact) mass is 494 g/mol. The summed E-state index contributed by atoms with van der Waals surface area (Å²) in [5, 5.41) is 3.03. The fourth-order valence-electron chi connectivity index (χ4n) is 4.05. The Labute approximate surface area is 207 Å². The lowest BCUT2D eigenvalue weighted by atomic mass is 10.0. The van der Waals surface area contributed by atoms with Gasteiger partial charge < -0.3 is 19.7 Å². The Morgan fingerprint density at radius 2 is 1.88 bits per heavy atom. The normalized spacial score (nSPS) is 17.3. The van der Waals surface area contributed by atoms with E-state index in [1.807, 2.05) is 66.7 Å². The van der Waals surface area contributed by atoms with E-state index in [0.29, 0.717) is 29.6 Å². The standard InChI is InChI=1S/C26H23ClN2O4S/c1-16(25(30)28-13-17-10-11-21-22(12-17)33-15-32-21)24-26(31)29(14-18-6-2-3-7-19(18)27)20-8-4-5-9-23(20)34-24/h2-12,16,24H,13-15H2,1H3,(H,28,30). The van der Waals surface area contributed by atoms with E-state index in [0.717, 1.165) is 21.7 Å². The molecule has 2 aliphatic rings. The molecule has 5 rings (SSSR count). The Morgan fingerprint density at radius 1 is 1.12 bits per heavy atom. The molecule has 0 fully saturated rings. The second-order valence-electron chi connectivity index (χ2n) is 8.22. The number of thioether (sulfide) groups is 1. The number of nitrogens with zero attached hydrogens (tertiary/aromatic N) is 1. The molecular formula is C26H23ClN2O4S. The third kappa shape index (κ3) is 4.45. The predicted molar refractivity (Wildman–Crippen MR) is 132 cm³/mol. The van der Waals surface area contributed by atoms with Crippen molar-refractivity contribution < 1.29 is 19.1 Å². The predicted octanol–water partition coefficient (Wildman–Crippen LogP) is 5.03. The fraction of sp³-hybridized carbons (Fsp3) is 0.231. The van der Waals surface area contributed by atoms with Crippen molar-refractivity contribution in [2.75, 3.05) is 11.7 Å². The first-order chi connectivity index (χ1) is 16.5. The molecule has 3 aromatic rings. The zero-order valence-corrected chi connectivity index (χ0v) is 20.1. The minimum absolute atomic E-state index is 0.102. The maximum absolute atomic E-state index is 13.6. The van der Waals surface area contributed by atoms with Crippen LogP contribution in [-0.2, 0) is 22.7 Å². The Kier molecular flexibility index (Phi) is 6.39. The third-order valence-corrected chi connectivity index (χ3v) is 7.81. The molecule has 0 spiro atoms. The van der Waals surface area contributed by atoms with Crippen LogP contribution in [0.3, 0.4) is 0 Å². The summed E-state index contributed by atoms with van der Waals surface area (Å²) in [6.07, 6.45) is 0. The Hall–Kier alpha value is -3.16. The second kappa shape index (κ2) is 9.60. The van der Waals surface area contributed by atoms with E-state index in [1.54, 1.807) is 11.8 Å². The van der Waals surface area contributed by atoms with Crippen LogP contribution >= 0.6 is 23.4 Å². The summed E-state index contributed by atoms with van der Waals surface area (Å²) in [4.78, 5) is 29.4. The summed E-state index contributed by atoms with van der Waals surface area (Å²) in [5.41, 5.74) is 2.60. The molecule has 3 aromatic carbocycles. The van der Waals surface area contributed by atoms with Crippen LogP contribution in [0.25, 0.3) is 0 Å². The number of amides is 2. The summed E-state index contributed by atoms with van der Waals surface area (Å²) in [6, 6.07) is 20.8. The van der Waals surface area contributed by atoms with Crippen molar-refractivity contribution in [3.63, 3.8) is 0 Å². The number of carbonyl (C=O) groups excluding carboxylic acids is 2. The number of carbonyl (C=O) groups is 2. The highest BCUT2D eigenvalue weighted by Crippen LogP contribution is 2.42. The van der Waals surface area contributed by atoms with Crippen LogP contribution in [0, 0.1) is 5.92 Å². The van der Waals surface area contributed by atoms with Gasteiger partial charge in [0.1, 0.15) is 5.25 Å². The summed E-state index contributed by atoms with van der Waals surface area (Å²) >= 11 is 7.81. The number of ether oxygens (including phenoxy) is 2. The molecule has 0 saturated carbocycles. The van der Waals surface area contributed by atoms with E-state index < -0.39 is 11.2 Å². The van der Waals surface area contributed by atoms with Crippen LogP contribution in [-0.4, -0.2) is 23.9 Å². The number of fused-ring (bicyclic) bond motifs is 2. The van der Waals surface area contributed by atoms with Gasteiger partial charge in [-0.1, -0.05) is 54.9 Å². The maximum atomic E-state index is 13.6. The van der Waals surface area contributed by atoms with Crippen LogP contribution in [0.15, 0.2) is 71.6 Å². The van der Waals surface area contributed by atoms with Crippen molar-refractivity contribution in [1.29, 1.82) is 0 Å². The molecule has 0 saturated heterocycles. The molecule has 6 nitrogen and oxygen atoms in total. The first-order valence-electron chi connectivity index (χ1n) is 11.0. The second-order valence-corrected chi connectivity index (χ2v) is 9.81. The largest absolute Gasteiger partial charge is 0.454 e. The quantitative estimate of drug-likeness (QED) is 0.520. The van der Waals surface area contributed by atoms with Crippen molar-refractivity contribution in [1.82, 2.24) is 5.32 Å². The zero-order valence-electron chi connectivity index (χ0n) is 18.5. The molecule has 2 heterocycles. The highest BCUT2D eigenvalue weighted by atomic mass is 35.5. The molecule has 34 heavy (non-hydrogen) atoms. The number of anilines is 1. The van der Waals surface area contributed by atoms with Gasteiger partial charge in [-0.3, -0.25) is 9.59 Å². The first-order valence-corrected chi connectivity index (χ1v) is 12.2. The number of rotatable bonds is 6. The van der Waals surface area contributed by atoms with Crippen molar-refractivity contribution in [2.24, 2.45) is 5.92 Å². The molecular weight excluding hydrogens is 472 g/mol. The highest BCUT2D eigenvalue weighted by Gasteiger charge is 2.39. The van der Waals surface area contributed by atoms with Crippen LogP contribution in [0.1, 0.15) is 18.1 Å². The summed E-state index contributed by atoms with van der Waals surface area (Å²) in [7, 11) is 0. The minimum atomic E-state index is -0.547. The lowest BCUT2D eigenvalue weighted by Crippen LogP contribution is -2.47. The summed E-state index contributed by atoms with van der Waals surface area (Å²) in [6.45, 7) is 2.69. The molecule has 2 atom stereocenters. The molecule has 0 radical (unpaired) electrons. The van der Waals surface area contributed by atoms with Crippen LogP contribution in [0.5, 0.6) is 11.5 Å². The number of halogens is 1. The van der Waals surface area contributed by atoms with Crippen LogP contribution in [0.2, 0.25) is 5.02 Å². The van der Waals surface area contributed by atoms with Gasteiger partial charge in [-0.2, -0.15) is 0 Å². The Morgan fingerprint density at radius 3 is 2.74 bits per heavy atom. The van der Waals surface area contributed by atoms with Gasteiger partial charge >= 0.3 is 0 Å². The highest BCUT2D eigenvalue weighted by molar-refractivity contribution is 8.01. The molecule has 8 heteroatoms. The number of hydrogen-bond donors (Lipinski definition) is 1. The Balaban J connectivity index is 1.32. The van der Waals surface area contributed by atoms with Gasteiger partial charge in [-0.25, -0.2) is 0 Å². The number of para-hydroxylation sites is 1. The average molecular weight is 495 g/mol. The fourth-order valence-corrected chi connectivity index (χ4v) is 5.53. The third-order valence-electron chi connectivity index (χ3n) is 5.98. The average Bonchev–Trinajstić information content (AvgIpc) is 3.33. The van der Waals surface area contributed by atoms with Crippen molar-refractivity contribution in [2.45, 2.75) is 30.2 Å². The van der Waals surface area contributed by atoms with Gasteiger partial charge in [0.25, 0.3) is 0 Å². The van der Waals surface area contributed by atoms with Gasteiger partial charge in [0.2, 0.25) is 18.6 Å². The molecule has 2 amide bonds. The van der Waals surface area contributed by atoms with E-state index in [2.05, 4.69) is 5.32 Å². The van der Waals surface area contributed by atoms with Gasteiger partial charge in [-0.05, 0) is 41.5 Å². The molecule has 2 unspecified atom stereocenters. The lowest BCUT2D eigenvalue weighted by Gasteiger charge is -2.36. The number of hydrogen-bond acceptors (Lipinski definition) is 5. The maximum Gasteiger partial charge on any atom is 0.241 e. The van der Waals surface area contributed by atoms with Gasteiger partial charge in [0.05, 0.1) is 18.2 Å². The molecule has 2 aliphatic heterocycles. The van der Waals surface area contributed by atoms with Crippen LogP contribution < -0.4 is 19.7 Å². The lowest BCUT2D eigenvalue weighted by molar-refractivity contribution is -0.128. The van der Waals surface area contributed by atoms with Gasteiger partial charge in [0.15, 0.2) is 11.5 Å². The summed E-state index contributed by atoms with van der Waals surface area (Å²) < 4.78 is 10.7. The number of benzene rings is 3. The summed E-state index contributed by atoms with van der Waals surface area (Å²) in [5.74, 6) is 0.554. The van der Waals surface area contributed by atoms with E-state index in [1.165, 1.54) is 11.8 Å². The molecule has 0 aromatic heterocycles. The smallest absolute Gasteiger partial charge is 0.241 e. The van der Waals surface area contributed by atoms with Gasteiger partial charge in [0, 0.05) is 16.5 Å². The van der Waals surface area contributed by atoms with E-state index in [9.17, 15) is 9.59 Å². The van der Waals surface area contributed by atoms with Crippen LogP contribution in [0.4, 0.5) is 5.69 Å². The van der Waals surface area contributed by atoms with Gasteiger partial charge in [-0.15, -0.1) is 11.8 Å². The molecule has 0 bridgehead atoms. The van der Waals surface area contributed by atoms with Crippen molar-refractivity contribution >= 4 is 40.9 Å². The molecule has 1 N–H and O–H groups in total. The molecule has 0 aliphatic carbocycles. The Bertz CT molecular complexity index is 1250. The number of nitrogens with one attached hydrogen (secondary N) is 1.